The highest BCUT2D eigenvalue weighted by molar-refractivity contribution is 7.80. The first kappa shape index (κ1) is 36.9. The number of hydrogen-bond acceptors (Lipinski definition) is 8. The van der Waals surface area contributed by atoms with Crippen molar-refractivity contribution >= 4 is 46.4 Å². The SMILES string of the molecule is CCOc1cc(C(Nc2ccc(C(=N)N)cc2)C(=O)NN(C(N)=S)c2ccc(OC)cc2)ccc1OC(C)C.O=C(O)C(F)(F)F. The molecule has 12 nitrogen and oxygen atoms in total. The van der Waals surface area contributed by atoms with Gasteiger partial charge in [-0.1, -0.05) is 6.07 Å². The summed E-state index contributed by atoms with van der Waals surface area (Å²) in [5.74, 6) is -1.51. The van der Waals surface area contributed by atoms with Gasteiger partial charge in [0.1, 0.15) is 17.6 Å². The molecule has 0 aliphatic carbocycles. The molecule has 1 amide bonds. The molecule has 0 aliphatic rings. The van der Waals surface area contributed by atoms with Gasteiger partial charge in [-0.05, 0) is 99.2 Å². The number of nitrogens with two attached hydrogens (primary N) is 2. The molecule has 248 valence electrons. The fraction of sp³-hybridized carbons (Fsp3) is 0.267. The van der Waals surface area contributed by atoms with E-state index in [1.807, 2.05) is 20.8 Å². The molecule has 0 aromatic heterocycles. The highest BCUT2D eigenvalue weighted by Gasteiger charge is 2.38. The second-order valence-electron chi connectivity index (χ2n) is 9.52. The summed E-state index contributed by atoms with van der Waals surface area (Å²) in [5, 5.41) is 19.3. The fourth-order valence-corrected chi connectivity index (χ4v) is 3.84. The summed E-state index contributed by atoms with van der Waals surface area (Å²) in [7, 11) is 1.56. The van der Waals surface area contributed by atoms with E-state index in [9.17, 15) is 18.0 Å². The van der Waals surface area contributed by atoms with Gasteiger partial charge in [0, 0.05) is 11.3 Å². The standard InChI is InChI=1S/C28H34N6O4S.C2HF3O2/c1-5-37-24-16-19(8-15-23(24)38-17(2)3)25(32-20-9-6-18(7-10-20)26(29)30)27(35)33-34(28(31)39)21-11-13-22(36-4)14-12-21;3-2(4,5)1(6)7/h6-17,25,32H,5H2,1-4H3,(H3,29,30)(H2,31,39)(H,33,35);(H,6,7). The molecule has 3 aromatic carbocycles. The van der Waals surface area contributed by atoms with Crippen LogP contribution in [-0.4, -0.2) is 53.9 Å². The van der Waals surface area contributed by atoms with Crippen LogP contribution in [0, 0.1) is 5.41 Å². The van der Waals surface area contributed by atoms with Crippen molar-refractivity contribution in [3.63, 3.8) is 0 Å². The molecule has 0 radical (unpaired) electrons. The average molecular weight is 665 g/mol. The summed E-state index contributed by atoms with van der Waals surface area (Å²) in [6.45, 7) is 6.15. The minimum atomic E-state index is -5.08. The molecule has 8 N–H and O–H groups in total. The summed E-state index contributed by atoms with van der Waals surface area (Å²) < 4.78 is 48.7. The Morgan fingerprint density at radius 3 is 2.07 bits per heavy atom. The van der Waals surface area contributed by atoms with Gasteiger partial charge in [0.25, 0.3) is 5.91 Å². The number of nitrogens with one attached hydrogen (secondary N) is 3. The molecule has 0 saturated heterocycles. The maximum Gasteiger partial charge on any atom is 0.490 e. The number of ether oxygens (including phenoxy) is 3. The fourth-order valence-electron chi connectivity index (χ4n) is 3.69. The Hall–Kier alpha value is -5.25. The van der Waals surface area contributed by atoms with Gasteiger partial charge < -0.3 is 36.1 Å². The lowest BCUT2D eigenvalue weighted by atomic mass is 10.0. The van der Waals surface area contributed by atoms with Gasteiger partial charge >= 0.3 is 12.1 Å². The molecule has 0 heterocycles. The Balaban J connectivity index is 0.000000942. The molecule has 3 rings (SSSR count). The number of halogens is 3. The summed E-state index contributed by atoms with van der Waals surface area (Å²) in [4.78, 5) is 22.7. The maximum atomic E-state index is 13.8. The third-order valence-electron chi connectivity index (χ3n) is 5.75. The number of thiocarbonyl (C=S) groups is 1. The molecule has 0 fully saturated rings. The number of methoxy groups -OCH3 is 1. The zero-order chi connectivity index (χ0) is 34.6. The smallest absolute Gasteiger partial charge is 0.490 e. The van der Waals surface area contributed by atoms with Gasteiger partial charge in [0.15, 0.2) is 16.6 Å². The molecule has 1 unspecified atom stereocenters. The van der Waals surface area contributed by atoms with Crippen LogP contribution in [0.2, 0.25) is 0 Å². The maximum absolute atomic E-state index is 13.8. The van der Waals surface area contributed by atoms with E-state index in [-0.39, 0.29) is 17.1 Å². The molecular weight excluding hydrogens is 629 g/mol. The number of carbonyl (C=O) groups is 2. The Morgan fingerprint density at radius 1 is 1.02 bits per heavy atom. The van der Waals surface area contributed by atoms with Crippen LogP contribution in [-0.2, 0) is 9.59 Å². The van der Waals surface area contributed by atoms with Crippen molar-refractivity contribution in [2.24, 2.45) is 11.5 Å². The van der Waals surface area contributed by atoms with Gasteiger partial charge in [-0.3, -0.25) is 15.6 Å². The number of nitrogens with zero attached hydrogens (tertiary/aromatic N) is 1. The summed E-state index contributed by atoms with van der Waals surface area (Å²) in [6, 6.07) is 18.2. The van der Waals surface area contributed by atoms with Gasteiger partial charge in [-0.15, -0.1) is 0 Å². The minimum Gasteiger partial charge on any atom is -0.497 e. The number of nitrogen functional groups attached to an aromatic ring is 1. The van der Waals surface area contributed by atoms with E-state index in [0.717, 1.165) is 0 Å². The molecule has 0 aliphatic heterocycles. The van der Waals surface area contributed by atoms with Crippen LogP contribution in [0.4, 0.5) is 24.5 Å². The van der Waals surface area contributed by atoms with E-state index < -0.39 is 24.1 Å². The van der Waals surface area contributed by atoms with Crippen molar-refractivity contribution in [1.29, 1.82) is 5.41 Å². The zero-order valence-electron chi connectivity index (χ0n) is 25.3. The van der Waals surface area contributed by atoms with Gasteiger partial charge in [-0.2, -0.15) is 13.2 Å². The van der Waals surface area contributed by atoms with Crippen LogP contribution in [0.15, 0.2) is 66.7 Å². The number of anilines is 2. The predicted molar refractivity (Wildman–Crippen MR) is 171 cm³/mol. The van der Waals surface area contributed by atoms with Crippen molar-refractivity contribution in [3.8, 4) is 17.2 Å². The number of benzene rings is 3. The summed E-state index contributed by atoms with van der Waals surface area (Å²) in [6.07, 6.45) is -5.14. The molecule has 0 bridgehead atoms. The molecule has 1 atom stereocenters. The van der Waals surface area contributed by atoms with Crippen LogP contribution >= 0.6 is 12.2 Å². The zero-order valence-corrected chi connectivity index (χ0v) is 26.2. The number of hydrazine groups is 1. The molecule has 3 aromatic rings. The molecule has 0 saturated carbocycles. The first-order valence-electron chi connectivity index (χ1n) is 13.6. The van der Waals surface area contributed by atoms with Gasteiger partial charge in [0.05, 0.1) is 25.5 Å². The number of alkyl halides is 3. The predicted octanol–water partition coefficient (Wildman–Crippen LogP) is 4.73. The Bertz CT molecular complexity index is 1500. The van der Waals surface area contributed by atoms with E-state index in [1.165, 1.54) is 5.01 Å². The third kappa shape index (κ3) is 11.0. The van der Waals surface area contributed by atoms with Crippen molar-refractivity contribution in [2.45, 2.75) is 39.1 Å². The van der Waals surface area contributed by atoms with Gasteiger partial charge in [-0.25, -0.2) is 9.80 Å². The molecular formula is C30H35F3N6O6S. The van der Waals surface area contributed by atoms with E-state index in [0.29, 0.717) is 46.4 Å². The lowest BCUT2D eigenvalue weighted by Gasteiger charge is -2.28. The number of aliphatic carboxylic acids is 1. The third-order valence-corrected chi connectivity index (χ3v) is 5.93. The monoisotopic (exact) mass is 664 g/mol. The Kier molecular flexibility index (Phi) is 13.4. The van der Waals surface area contributed by atoms with Crippen LogP contribution < -0.4 is 41.4 Å². The Morgan fingerprint density at radius 2 is 1.61 bits per heavy atom. The van der Waals surface area contributed by atoms with Crippen molar-refractivity contribution in [3.05, 3.63) is 77.9 Å². The average Bonchev–Trinajstić information content (AvgIpc) is 2.99. The number of amidine groups is 1. The van der Waals surface area contributed by atoms with E-state index in [1.54, 1.807) is 73.8 Å². The highest BCUT2D eigenvalue weighted by Crippen LogP contribution is 2.33. The van der Waals surface area contributed by atoms with Crippen molar-refractivity contribution in [1.82, 2.24) is 5.43 Å². The second kappa shape index (κ2) is 16.7. The quantitative estimate of drug-likeness (QED) is 0.0720. The van der Waals surface area contributed by atoms with Crippen LogP contribution in [0.1, 0.15) is 37.9 Å². The minimum absolute atomic E-state index is 0.0474. The normalized spacial score (nSPS) is 11.3. The van der Waals surface area contributed by atoms with Gasteiger partial charge in [0.2, 0.25) is 0 Å². The second-order valence-corrected chi connectivity index (χ2v) is 9.94. The highest BCUT2D eigenvalue weighted by atomic mass is 32.1. The number of rotatable bonds is 11. The largest absolute Gasteiger partial charge is 0.497 e. The van der Waals surface area contributed by atoms with E-state index in [2.05, 4.69) is 10.7 Å². The number of amides is 1. The van der Waals surface area contributed by atoms with Crippen LogP contribution in [0.5, 0.6) is 17.2 Å². The first-order valence-corrected chi connectivity index (χ1v) is 14.0. The number of carboxylic acid groups (broad SMARTS) is 1. The number of hydrogen-bond donors (Lipinski definition) is 6. The lowest BCUT2D eigenvalue weighted by molar-refractivity contribution is -0.192. The Labute approximate surface area is 268 Å². The van der Waals surface area contributed by atoms with E-state index >= 15 is 0 Å². The van der Waals surface area contributed by atoms with Crippen LogP contribution in [0.3, 0.4) is 0 Å². The summed E-state index contributed by atoms with van der Waals surface area (Å²) in [5.41, 5.74) is 16.7. The molecule has 16 heteroatoms. The number of carbonyl (C=O) groups excluding carboxylic acids is 1. The number of carboxylic acids is 1. The topological polar surface area (TPSA) is 185 Å². The molecule has 0 spiro atoms. The van der Waals surface area contributed by atoms with Crippen LogP contribution in [0.25, 0.3) is 0 Å². The van der Waals surface area contributed by atoms with Crippen molar-refractivity contribution < 1.29 is 42.1 Å². The summed E-state index contributed by atoms with van der Waals surface area (Å²) >= 11 is 5.23. The molecule has 46 heavy (non-hydrogen) atoms. The lowest BCUT2D eigenvalue weighted by Crippen LogP contribution is -2.51. The van der Waals surface area contributed by atoms with Crippen molar-refractivity contribution in [2.75, 3.05) is 24.0 Å². The first-order chi connectivity index (χ1) is 21.6. The van der Waals surface area contributed by atoms with E-state index in [4.69, 9.17) is 53.2 Å².